The fraction of sp³-hybridized carbons (Fsp3) is 0.484. The fourth-order valence-corrected chi connectivity index (χ4v) is 6.40. The van der Waals surface area contributed by atoms with Crippen LogP contribution in [-0.2, 0) is 5.75 Å². The Morgan fingerprint density at radius 3 is 2.64 bits per heavy atom. The maximum absolute atomic E-state index is 11.1. The molecule has 0 fully saturated rings. The molecule has 0 saturated heterocycles. The van der Waals surface area contributed by atoms with Gasteiger partial charge in [-0.05, 0) is 69.2 Å². The average molecular weight is 674 g/mol. The summed E-state index contributed by atoms with van der Waals surface area (Å²) in [7, 11) is 2.18. The zero-order valence-electron chi connectivity index (χ0n) is 25.8. The average Bonchev–Trinajstić information content (AvgIpc) is 3.45. The number of unbranched alkanes of at least 4 members (excludes halogenated alkanes) is 4. The molecule has 0 bridgehead atoms. The Balaban J connectivity index is 1.28. The third-order valence-electron chi connectivity index (χ3n) is 6.99. The predicted molar refractivity (Wildman–Crippen MR) is 189 cm³/mol. The molecule has 1 atom stereocenters. The topological polar surface area (TPSA) is 161 Å². The molecule has 0 aliphatic heterocycles. The lowest BCUT2D eigenvalue weighted by atomic mass is 9.92. The van der Waals surface area contributed by atoms with Crippen LogP contribution in [0.2, 0.25) is 5.02 Å². The minimum Gasteiger partial charge on any atom is -0.370 e. The Morgan fingerprint density at radius 1 is 1.13 bits per heavy atom. The quantitative estimate of drug-likeness (QED) is 0.0424. The van der Waals surface area contributed by atoms with Gasteiger partial charge in [0.05, 0.1) is 5.69 Å². The van der Waals surface area contributed by atoms with E-state index < -0.39 is 0 Å². The number of guanidine groups is 1. The number of amidine groups is 1. The van der Waals surface area contributed by atoms with E-state index in [4.69, 9.17) is 23.1 Å². The van der Waals surface area contributed by atoms with Gasteiger partial charge in [0.1, 0.15) is 0 Å². The number of thiazole rings is 1. The Hall–Kier alpha value is -3.26. The van der Waals surface area contributed by atoms with Crippen molar-refractivity contribution in [2.75, 3.05) is 45.5 Å². The highest BCUT2D eigenvalue weighted by Crippen LogP contribution is 2.28. The lowest BCUT2D eigenvalue weighted by Gasteiger charge is -2.22. The largest absolute Gasteiger partial charge is 0.370 e. The third kappa shape index (κ3) is 15.0. The van der Waals surface area contributed by atoms with Crippen molar-refractivity contribution in [3.63, 3.8) is 0 Å². The maximum Gasteiger partial charge on any atom is 0.259 e. The van der Waals surface area contributed by atoms with Crippen molar-refractivity contribution in [1.82, 2.24) is 20.2 Å². The Labute approximate surface area is 279 Å². The number of thioether (sulfide) groups is 1. The molecular formula is C31H44ClN9O2S2. The summed E-state index contributed by atoms with van der Waals surface area (Å²) in [6.07, 6.45) is 8.23. The molecule has 244 valence electrons. The van der Waals surface area contributed by atoms with Gasteiger partial charge in [0.15, 0.2) is 11.8 Å². The normalized spacial score (nSPS) is 12.3. The molecule has 2 aromatic heterocycles. The number of hydrogen-bond donors (Lipinski definition) is 3. The smallest absolute Gasteiger partial charge is 0.259 e. The molecule has 14 heteroatoms. The third-order valence-corrected chi connectivity index (χ3v) is 9.01. The molecule has 3 rings (SSSR count). The summed E-state index contributed by atoms with van der Waals surface area (Å²) in [6.45, 7) is 2.93. The van der Waals surface area contributed by atoms with E-state index in [0.29, 0.717) is 29.8 Å². The van der Waals surface area contributed by atoms with Crippen LogP contribution in [-0.4, -0.2) is 77.1 Å². The molecule has 0 saturated carbocycles. The first-order valence-electron chi connectivity index (χ1n) is 15.2. The van der Waals surface area contributed by atoms with E-state index in [-0.39, 0.29) is 23.3 Å². The van der Waals surface area contributed by atoms with Gasteiger partial charge in [0, 0.05) is 57.7 Å². The maximum atomic E-state index is 11.1. The zero-order chi connectivity index (χ0) is 32.3. The number of aromatic nitrogens is 2. The summed E-state index contributed by atoms with van der Waals surface area (Å²) in [4.78, 5) is 30.5. The van der Waals surface area contributed by atoms with Crippen LogP contribution in [0.15, 0.2) is 64.0 Å². The Kier molecular flexibility index (Phi) is 16.7. The zero-order valence-corrected chi connectivity index (χ0v) is 28.2. The van der Waals surface area contributed by atoms with Crippen LogP contribution in [0.3, 0.4) is 0 Å². The second-order valence-corrected chi connectivity index (χ2v) is 13.1. The van der Waals surface area contributed by atoms with E-state index in [1.807, 2.05) is 35.8 Å². The lowest BCUT2D eigenvalue weighted by Crippen LogP contribution is -2.32. The van der Waals surface area contributed by atoms with Crippen molar-refractivity contribution in [1.29, 1.82) is 0 Å². The minimum absolute atomic E-state index is 0.0121. The molecule has 1 unspecified atom stereocenters. The van der Waals surface area contributed by atoms with Gasteiger partial charge in [-0.3, -0.25) is 20.1 Å². The van der Waals surface area contributed by atoms with Crippen LogP contribution >= 0.6 is 34.7 Å². The van der Waals surface area contributed by atoms with Crippen LogP contribution in [0, 0.1) is 10.1 Å². The van der Waals surface area contributed by atoms with E-state index in [2.05, 4.69) is 55.4 Å². The number of halogens is 1. The van der Waals surface area contributed by atoms with Gasteiger partial charge in [-0.2, -0.15) is 16.8 Å². The van der Waals surface area contributed by atoms with Gasteiger partial charge in [0.25, 0.3) is 6.54 Å². The summed E-state index contributed by atoms with van der Waals surface area (Å²) >= 11 is 9.18. The number of nitrogens with zero attached hydrogens (tertiary/aromatic N) is 6. The highest BCUT2D eigenvalue weighted by Gasteiger charge is 2.16. The number of nitro groups is 1. The highest BCUT2D eigenvalue weighted by molar-refractivity contribution is 7.98. The number of hydrogen-bond acceptors (Lipinski definition) is 9. The molecule has 0 spiro atoms. The number of pyridine rings is 1. The first-order chi connectivity index (χ1) is 21.8. The summed E-state index contributed by atoms with van der Waals surface area (Å²) in [5, 5.41) is 17.4. The first-order valence-corrected chi connectivity index (χ1v) is 17.6. The van der Waals surface area contributed by atoms with Gasteiger partial charge in [0.2, 0.25) is 5.13 Å². The Morgan fingerprint density at radius 2 is 1.91 bits per heavy atom. The fourth-order valence-electron chi connectivity index (χ4n) is 4.71. The SMILES string of the molecule is CN(CCCCCCCN=C(C[N+](=O)[O-])NCCSCc1csc(N=C(N)N)n1)CCC(c1ccc(Cl)cc1)c1ccccn1. The van der Waals surface area contributed by atoms with E-state index >= 15 is 0 Å². The van der Waals surface area contributed by atoms with E-state index in [0.717, 1.165) is 73.8 Å². The van der Waals surface area contributed by atoms with Crippen molar-refractivity contribution < 1.29 is 4.92 Å². The summed E-state index contributed by atoms with van der Waals surface area (Å²) in [5.74, 6) is 2.14. The summed E-state index contributed by atoms with van der Waals surface area (Å²) in [6, 6.07) is 14.2. The van der Waals surface area contributed by atoms with Crippen molar-refractivity contribution in [2.24, 2.45) is 21.5 Å². The summed E-state index contributed by atoms with van der Waals surface area (Å²) < 4.78 is 0. The van der Waals surface area contributed by atoms with Gasteiger partial charge >= 0.3 is 0 Å². The molecule has 11 nitrogen and oxygen atoms in total. The molecule has 1 aromatic carbocycles. The van der Waals surface area contributed by atoms with Crippen molar-refractivity contribution in [3.8, 4) is 0 Å². The van der Waals surface area contributed by atoms with E-state index in [1.54, 1.807) is 11.8 Å². The molecule has 5 N–H and O–H groups in total. The van der Waals surface area contributed by atoms with Gasteiger partial charge in [-0.1, -0.05) is 49.1 Å². The molecule has 45 heavy (non-hydrogen) atoms. The number of nitrogens with two attached hydrogens (primary N) is 2. The van der Waals surface area contributed by atoms with Crippen LogP contribution in [0.5, 0.6) is 0 Å². The van der Waals surface area contributed by atoms with Crippen LogP contribution < -0.4 is 16.8 Å². The first kappa shape index (κ1) is 36.2. The van der Waals surface area contributed by atoms with Crippen molar-refractivity contribution in [2.45, 2.75) is 50.2 Å². The van der Waals surface area contributed by atoms with Crippen molar-refractivity contribution in [3.05, 3.63) is 86.1 Å². The van der Waals surface area contributed by atoms with Crippen LogP contribution in [0.1, 0.15) is 61.4 Å². The highest BCUT2D eigenvalue weighted by atomic mass is 35.5. The molecule has 2 heterocycles. The van der Waals surface area contributed by atoms with Crippen molar-refractivity contribution >= 4 is 51.6 Å². The molecule has 0 aliphatic carbocycles. The Bertz CT molecular complexity index is 1340. The van der Waals surface area contributed by atoms with Crippen LogP contribution in [0.25, 0.3) is 0 Å². The predicted octanol–water partition coefficient (Wildman–Crippen LogP) is 5.70. The summed E-state index contributed by atoms with van der Waals surface area (Å²) in [5.41, 5.74) is 14.0. The molecule has 0 aliphatic rings. The molecule has 0 radical (unpaired) electrons. The van der Waals surface area contributed by atoms with Gasteiger partial charge < -0.3 is 21.7 Å². The monoisotopic (exact) mass is 673 g/mol. The second kappa shape index (κ2) is 20.7. The van der Waals surface area contributed by atoms with Crippen LogP contribution in [0.4, 0.5) is 5.13 Å². The van der Waals surface area contributed by atoms with Gasteiger partial charge in [-0.15, -0.1) is 11.3 Å². The molecular weight excluding hydrogens is 630 g/mol. The number of nitrogens with one attached hydrogen (secondary N) is 1. The molecule has 0 amide bonds. The second-order valence-electron chi connectivity index (χ2n) is 10.7. The molecule has 3 aromatic rings. The number of benzene rings is 1. The number of rotatable bonds is 21. The van der Waals surface area contributed by atoms with E-state index in [1.165, 1.54) is 16.9 Å². The number of aliphatic imine (C=N–C) groups is 2. The van der Waals surface area contributed by atoms with E-state index in [9.17, 15) is 10.1 Å². The van der Waals surface area contributed by atoms with Gasteiger partial charge in [-0.25, -0.2) is 4.98 Å². The standard InChI is InChI=1S/C31H44ClN9O2S2/c1-40(19-14-27(28-9-5-7-15-35-28)24-10-12-25(32)13-11-24)18-8-4-2-3-6-16-36-29(21-41(42)43)37-17-20-44-22-26-23-45-31(38-26)39-30(33)34/h5,7,9-13,15,23,27H,2-4,6,8,14,16-22H2,1H3,(H,36,37)(H4,33,34,38,39). The lowest BCUT2D eigenvalue weighted by molar-refractivity contribution is -0.463. The minimum atomic E-state index is -0.343.